The van der Waals surface area contributed by atoms with Crippen molar-refractivity contribution in [3.63, 3.8) is 0 Å². The van der Waals surface area contributed by atoms with Crippen LogP contribution in [0, 0.1) is 0 Å². The van der Waals surface area contributed by atoms with Gasteiger partial charge in [0.25, 0.3) is 0 Å². The van der Waals surface area contributed by atoms with Crippen molar-refractivity contribution in [3.05, 3.63) is 0 Å². The van der Waals surface area contributed by atoms with Crippen LogP contribution in [-0.4, -0.2) is 24.8 Å². The normalized spacial score (nSPS) is 12.8. The van der Waals surface area contributed by atoms with Crippen LogP contribution in [0.25, 0.3) is 0 Å². The third-order valence-electron chi connectivity index (χ3n) is 0.911. The molecule has 3 N–H and O–H groups in total. The fourth-order valence-corrected chi connectivity index (χ4v) is 0.500. The zero-order valence-electron chi connectivity index (χ0n) is 7.26. The van der Waals surface area contributed by atoms with Gasteiger partial charge in [-0.2, -0.15) is 0 Å². The van der Waals surface area contributed by atoms with E-state index < -0.39 is 6.09 Å². The smallest absolute Gasteiger partial charge is 0.407 e. The van der Waals surface area contributed by atoms with Crippen molar-refractivity contribution in [1.82, 2.24) is 5.32 Å². The van der Waals surface area contributed by atoms with E-state index in [0.717, 1.165) is 0 Å². The topological polar surface area (TPSA) is 64.3 Å². The minimum Gasteiger partial charge on any atom is -0.447 e. The molecule has 0 bridgehead atoms. The molecule has 0 aliphatic rings. The average molecular weight is 160 g/mol. The van der Waals surface area contributed by atoms with Gasteiger partial charge in [0.05, 0.1) is 6.10 Å². The third kappa shape index (κ3) is 7.12. The molecule has 0 saturated heterocycles. The summed E-state index contributed by atoms with van der Waals surface area (Å²) in [5, 5.41) is 2.53. The molecular weight excluding hydrogens is 144 g/mol. The number of alkyl carbamates (subject to hydrolysis) is 1. The Balaban J connectivity index is 3.38. The molecular formula is C7H16N2O2. The summed E-state index contributed by atoms with van der Waals surface area (Å²) in [5.74, 6) is 0. The number of ether oxygens (including phenoxy) is 1. The fourth-order valence-electron chi connectivity index (χ4n) is 0.500. The molecule has 4 heteroatoms. The van der Waals surface area contributed by atoms with Crippen LogP contribution >= 0.6 is 0 Å². The summed E-state index contributed by atoms with van der Waals surface area (Å²) in [6.07, 6.45) is -0.486. The Bertz CT molecular complexity index is 124. The molecule has 0 aromatic heterocycles. The standard InChI is InChI=1S/C7H16N2O2/c1-5(2)11-7(10)9-4-6(3)8/h5-6H,4,8H2,1-3H3,(H,9,10). The lowest BCUT2D eigenvalue weighted by atomic mass is 10.4. The number of hydrogen-bond donors (Lipinski definition) is 2. The van der Waals surface area contributed by atoms with Crippen LogP contribution in [0.3, 0.4) is 0 Å². The summed E-state index contributed by atoms with van der Waals surface area (Å²) in [7, 11) is 0. The minimum atomic E-state index is -0.405. The van der Waals surface area contributed by atoms with E-state index >= 15 is 0 Å². The zero-order valence-corrected chi connectivity index (χ0v) is 7.26. The van der Waals surface area contributed by atoms with Gasteiger partial charge in [-0.3, -0.25) is 0 Å². The summed E-state index contributed by atoms with van der Waals surface area (Å²) in [5.41, 5.74) is 5.40. The van der Waals surface area contributed by atoms with Crippen LogP contribution in [0.5, 0.6) is 0 Å². The maximum atomic E-state index is 10.8. The molecule has 4 nitrogen and oxygen atoms in total. The van der Waals surface area contributed by atoms with Crippen molar-refractivity contribution in [3.8, 4) is 0 Å². The zero-order chi connectivity index (χ0) is 8.85. The molecule has 0 radical (unpaired) electrons. The molecule has 0 aliphatic heterocycles. The predicted molar refractivity (Wildman–Crippen MR) is 43.3 cm³/mol. The van der Waals surface area contributed by atoms with Gasteiger partial charge in [-0.05, 0) is 20.8 Å². The van der Waals surface area contributed by atoms with Gasteiger partial charge >= 0.3 is 6.09 Å². The quantitative estimate of drug-likeness (QED) is 0.630. The molecule has 1 amide bonds. The van der Waals surface area contributed by atoms with Crippen molar-refractivity contribution < 1.29 is 9.53 Å². The van der Waals surface area contributed by atoms with Gasteiger partial charge in [0, 0.05) is 12.6 Å². The number of carbonyl (C=O) groups excluding carboxylic acids is 1. The number of hydrogen-bond acceptors (Lipinski definition) is 3. The molecule has 0 rings (SSSR count). The van der Waals surface area contributed by atoms with Crippen LogP contribution in [-0.2, 0) is 4.74 Å². The molecule has 1 atom stereocenters. The van der Waals surface area contributed by atoms with E-state index in [0.29, 0.717) is 6.54 Å². The molecule has 0 saturated carbocycles. The highest BCUT2D eigenvalue weighted by Crippen LogP contribution is 1.87. The highest BCUT2D eigenvalue weighted by atomic mass is 16.6. The Kier molecular flexibility index (Phi) is 4.61. The summed E-state index contributed by atoms with van der Waals surface area (Å²) >= 11 is 0. The second kappa shape index (κ2) is 4.96. The average Bonchev–Trinajstić information content (AvgIpc) is 1.82. The van der Waals surface area contributed by atoms with Gasteiger partial charge in [-0.25, -0.2) is 4.79 Å². The van der Waals surface area contributed by atoms with Gasteiger partial charge in [-0.1, -0.05) is 0 Å². The molecule has 11 heavy (non-hydrogen) atoms. The Hall–Kier alpha value is -0.770. The Morgan fingerprint density at radius 3 is 2.45 bits per heavy atom. The summed E-state index contributed by atoms with van der Waals surface area (Å²) in [6.45, 7) is 5.86. The highest BCUT2D eigenvalue weighted by molar-refractivity contribution is 5.67. The first-order valence-electron chi connectivity index (χ1n) is 3.72. The monoisotopic (exact) mass is 160 g/mol. The van der Waals surface area contributed by atoms with Crippen LogP contribution in [0.15, 0.2) is 0 Å². The first-order chi connectivity index (χ1) is 5.02. The van der Waals surface area contributed by atoms with E-state index in [1.54, 1.807) is 13.8 Å². The highest BCUT2D eigenvalue weighted by Gasteiger charge is 2.03. The lowest BCUT2D eigenvalue weighted by molar-refractivity contribution is 0.115. The van der Waals surface area contributed by atoms with Gasteiger partial charge in [-0.15, -0.1) is 0 Å². The first kappa shape index (κ1) is 10.2. The largest absolute Gasteiger partial charge is 0.447 e. The second-order valence-electron chi connectivity index (χ2n) is 2.81. The molecule has 0 aromatic carbocycles. The van der Waals surface area contributed by atoms with Crippen molar-refractivity contribution in [2.24, 2.45) is 5.73 Å². The third-order valence-corrected chi connectivity index (χ3v) is 0.911. The summed E-state index contributed by atoms with van der Waals surface area (Å²) in [6, 6.07) is -0.0327. The SMILES string of the molecule is CC(N)CNC(=O)OC(C)C. The molecule has 0 heterocycles. The maximum absolute atomic E-state index is 10.8. The van der Waals surface area contributed by atoms with E-state index in [1.807, 2.05) is 6.92 Å². The molecule has 1 unspecified atom stereocenters. The number of nitrogens with one attached hydrogen (secondary N) is 1. The number of carbonyl (C=O) groups is 1. The molecule has 0 aliphatic carbocycles. The lowest BCUT2D eigenvalue weighted by Gasteiger charge is -2.10. The van der Waals surface area contributed by atoms with E-state index in [1.165, 1.54) is 0 Å². The van der Waals surface area contributed by atoms with Gasteiger partial charge in [0.1, 0.15) is 0 Å². The van der Waals surface area contributed by atoms with E-state index in [2.05, 4.69) is 5.32 Å². The van der Waals surface area contributed by atoms with Gasteiger partial charge in [0.2, 0.25) is 0 Å². The van der Waals surface area contributed by atoms with Crippen molar-refractivity contribution in [2.45, 2.75) is 32.9 Å². The Labute approximate surface area is 67.1 Å². The van der Waals surface area contributed by atoms with Crippen LogP contribution < -0.4 is 11.1 Å². The molecule has 0 aromatic rings. The molecule has 0 fully saturated rings. The van der Waals surface area contributed by atoms with E-state index in [-0.39, 0.29) is 12.1 Å². The van der Waals surface area contributed by atoms with Crippen LogP contribution in [0.2, 0.25) is 0 Å². The second-order valence-corrected chi connectivity index (χ2v) is 2.81. The Morgan fingerprint density at radius 2 is 2.09 bits per heavy atom. The van der Waals surface area contributed by atoms with Gasteiger partial charge in [0.15, 0.2) is 0 Å². The maximum Gasteiger partial charge on any atom is 0.407 e. The van der Waals surface area contributed by atoms with Crippen LogP contribution in [0.1, 0.15) is 20.8 Å². The number of rotatable bonds is 3. The Morgan fingerprint density at radius 1 is 1.55 bits per heavy atom. The summed E-state index contributed by atoms with van der Waals surface area (Å²) in [4.78, 5) is 10.8. The first-order valence-corrected chi connectivity index (χ1v) is 3.72. The van der Waals surface area contributed by atoms with Crippen LogP contribution in [0.4, 0.5) is 4.79 Å². The molecule has 0 spiro atoms. The minimum absolute atomic E-state index is 0.0327. The fraction of sp³-hybridized carbons (Fsp3) is 0.857. The number of amides is 1. The van der Waals surface area contributed by atoms with Crippen molar-refractivity contribution >= 4 is 6.09 Å². The lowest BCUT2D eigenvalue weighted by Crippen LogP contribution is -2.36. The van der Waals surface area contributed by atoms with E-state index in [9.17, 15) is 4.79 Å². The summed E-state index contributed by atoms with van der Waals surface area (Å²) < 4.78 is 4.80. The van der Waals surface area contributed by atoms with Crippen molar-refractivity contribution in [1.29, 1.82) is 0 Å². The molecule has 66 valence electrons. The van der Waals surface area contributed by atoms with E-state index in [4.69, 9.17) is 10.5 Å². The number of nitrogens with two attached hydrogens (primary N) is 1. The van der Waals surface area contributed by atoms with Gasteiger partial charge < -0.3 is 15.8 Å². The predicted octanol–water partition coefficient (Wildman–Crippen LogP) is 0.468. The van der Waals surface area contributed by atoms with Crippen molar-refractivity contribution in [2.75, 3.05) is 6.54 Å².